The van der Waals surface area contributed by atoms with Gasteiger partial charge >= 0.3 is 0 Å². The second-order valence-corrected chi connectivity index (χ2v) is 4.98. The first kappa shape index (κ1) is 14.6. The van der Waals surface area contributed by atoms with Gasteiger partial charge in [0.05, 0.1) is 12.7 Å². The fraction of sp³-hybridized carbons (Fsp3) is 0.294. The van der Waals surface area contributed by atoms with Crippen LogP contribution in [-0.4, -0.2) is 10.2 Å². The molecule has 1 atom stereocenters. The van der Waals surface area contributed by atoms with Gasteiger partial charge in [-0.1, -0.05) is 35.9 Å². The Hall–Kier alpha value is -1.84. The van der Waals surface area contributed by atoms with E-state index in [2.05, 4.69) is 0 Å². The van der Waals surface area contributed by atoms with Gasteiger partial charge in [-0.15, -0.1) is 0 Å². The molecule has 0 aliphatic rings. The van der Waals surface area contributed by atoms with Crippen molar-refractivity contribution in [3.8, 4) is 5.75 Å². The summed E-state index contributed by atoms with van der Waals surface area (Å²) >= 11 is 0. The van der Waals surface area contributed by atoms with E-state index in [1.807, 2.05) is 49.4 Å². The summed E-state index contributed by atoms with van der Waals surface area (Å²) in [6, 6.07) is 13.4. The predicted octanol–water partition coefficient (Wildman–Crippen LogP) is 3.12. The Morgan fingerprint density at radius 1 is 1.05 bits per heavy atom. The van der Waals surface area contributed by atoms with Gasteiger partial charge in [0.15, 0.2) is 0 Å². The van der Waals surface area contributed by atoms with E-state index in [1.54, 1.807) is 6.92 Å². The molecule has 0 saturated carbocycles. The minimum absolute atomic E-state index is 0.0469. The molecule has 0 aromatic heterocycles. The molecule has 0 aliphatic carbocycles. The number of hydrogen-bond acceptors (Lipinski definition) is 3. The number of ether oxygens (including phenoxy) is 1. The lowest BCUT2D eigenvalue weighted by Gasteiger charge is -2.14. The lowest BCUT2D eigenvalue weighted by molar-refractivity contribution is 0.190. The topological polar surface area (TPSA) is 49.7 Å². The third kappa shape index (κ3) is 3.59. The van der Waals surface area contributed by atoms with E-state index in [0.717, 1.165) is 22.3 Å². The average molecular weight is 272 g/mol. The van der Waals surface area contributed by atoms with Crippen molar-refractivity contribution < 1.29 is 14.9 Å². The smallest absolute Gasteiger partial charge is 0.125 e. The highest BCUT2D eigenvalue weighted by Gasteiger charge is 2.09. The first-order chi connectivity index (χ1) is 9.60. The molecule has 0 saturated heterocycles. The summed E-state index contributed by atoms with van der Waals surface area (Å²) in [5, 5.41) is 18.8. The van der Waals surface area contributed by atoms with Crippen LogP contribution in [0.4, 0.5) is 0 Å². The highest BCUT2D eigenvalue weighted by molar-refractivity contribution is 5.38. The summed E-state index contributed by atoms with van der Waals surface area (Å²) in [5.41, 5.74) is 3.81. The van der Waals surface area contributed by atoms with Crippen molar-refractivity contribution in [2.45, 2.75) is 33.2 Å². The van der Waals surface area contributed by atoms with Crippen LogP contribution in [0.15, 0.2) is 42.5 Å². The summed E-state index contributed by atoms with van der Waals surface area (Å²) < 4.78 is 5.79. The molecule has 3 nitrogen and oxygen atoms in total. The number of aryl methyl sites for hydroxylation is 1. The zero-order valence-corrected chi connectivity index (χ0v) is 11.8. The summed E-state index contributed by atoms with van der Waals surface area (Å²) in [4.78, 5) is 0. The van der Waals surface area contributed by atoms with Crippen LogP contribution in [0, 0.1) is 6.92 Å². The normalized spacial score (nSPS) is 12.2. The van der Waals surface area contributed by atoms with E-state index < -0.39 is 6.10 Å². The number of rotatable bonds is 5. The fourth-order valence-corrected chi connectivity index (χ4v) is 2.03. The van der Waals surface area contributed by atoms with Crippen molar-refractivity contribution in [1.82, 2.24) is 0 Å². The van der Waals surface area contributed by atoms with Crippen molar-refractivity contribution in [3.05, 3.63) is 64.7 Å². The molecule has 2 aromatic rings. The Balaban J connectivity index is 2.10. The SMILES string of the molecule is Cc1ccc(OCc2ccc(CO)cc2)c([C@@H](C)O)c1. The summed E-state index contributed by atoms with van der Waals surface area (Å²) in [6.45, 7) is 4.21. The maximum Gasteiger partial charge on any atom is 0.125 e. The molecule has 0 spiro atoms. The molecular weight excluding hydrogens is 252 g/mol. The molecule has 20 heavy (non-hydrogen) atoms. The largest absolute Gasteiger partial charge is 0.489 e. The van der Waals surface area contributed by atoms with Crippen LogP contribution in [0.2, 0.25) is 0 Å². The Morgan fingerprint density at radius 3 is 2.30 bits per heavy atom. The molecule has 3 heteroatoms. The third-order valence-electron chi connectivity index (χ3n) is 3.22. The quantitative estimate of drug-likeness (QED) is 0.879. The highest BCUT2D eigenvalue weighted by atomic mass is 16.5. The molecule has 0 radical (unpaired) electrons. The molecule has 2 N–H and O–H groups in total. The van der Waals surface area contributed by atoms with Crippen molar-refractivity contribution in [2.24, 2.45) is 0 Å². The van der Waals surface area contributed by atoms with Gasteiger partial charge < -0.3 is 14.9 Å². The van der Waals surface area contributed by atoms with Gasteiger partial charge in [0, 0.05) is 5.56 Å². The van der Waals surface area contributed by atoms with Crippen LogP contribution < -0.4 is 4.74 Å². The second kappa shape index (κ2) is 6.55. The number of aliphatic hydroxyl groups is 2. The second-order valence-electron chi connectivity index (χ2n) is 4.98. The van der Waals surface area contributed by atoms with E-state index in [-0.39, 0.29) is 6.61 Å². The first-order valence-electron chi connectivity index (χ1n) is 6.70. The van der Waals surface area contributed by atoms with Crippen LogP contribution in [0.25, 0.3) is 0 Å². The summed E-state index contributed by atoms with van der Waals surface area (Å²) in [6.07, 6.45) is -0.554. The number of benzene rings is 2. The van der Waals surface area contributed by atoms with E-state index in [9.17, 15) is 5.11 Å². The standard InChI is InChI=1S/C17H20O3/c1-12-3-8-17(16(9-12)13(2)19)20-11-15-6-4-14(10-18)5-7-15/h3-9,13,18-19H,10-11H2,1-2H3/t13-/m1/s1. The van der Waals surface area contributed by atoms with Gasteiger partial charge in [-0.2, -0.15) is 0 Å². The van der Waals surface area contributed by atoms with Crippen LogP contribution in [0.5, 0.6) is 5.75 Å². The maximum atomic E-state index is 9.79. The van der Waals surface area contributed by atoms with Crippen molar-refractivity contribution in [3.63, 3.8) is 0 Å². The predicted molar refractivity (Wildman–Crippen MR) is 78.5 cm³/mol. The van der Waals surface area contributed by atoms with Crippen LogP contribution in [-0.2, 0) is 13.2 Å². The van der Waals surface area contributed by atoms with Gasteiger partial charge in [-0.05, 0) is 37.1 Å². The molecule has 0 amide bonds. The van der Waals surface area contributed by atoms with E-state index in [0.29, 0.717) is 12.4 Å². The van der Waals surface area contributed by atoms with Gasteiger partial charge in [-0.3, -0.25) is 0 Å². The summed E-state index contributed by atoms with van der Waals surface area (Å²) in [5.74, 6) is 0.705. The molecule has 0 heterocycles. The maximum absolute atomic E-state index is 9.79. The Morgan fingerprint density at radius 2 is 1.70 bits per heavy atom. The van der Waals surface area contributed by atoms with Gasteiger partial charge in [0.25, 0.3) is 0 Å². The van der Waals surface area contributed by atoms with E-state index in [4.69, 9.17) is 9.84 Å². The Labute approximate surface area is 119 Å². The monoisotopic (exact) mass is 272 g/mol. The van der Waals surface area contributed by atoms with E-state index >= 15 is 0 Å². The molecule has 0 unspecified atom stereocenters. The van der Waals surface area contributed by atoms with Crippen LogP contribution in [0.1, 0.15) is 35.3 Å². The first-order valence-corrected chi connectivity index (χ1v) is 6.70. The molecule has 106 valence electrons. The molecular formula is C17H20O3. The fourth-order valence-electron chi connectivity index (χ4n) is 2.03. The Kier molecular flexibility index (Phi) is 4.77. The zero-order valence-electron chi connectivity index (χ0n) is 11.8. The summed E-state index contributed by atoms with van der Waals surface area (Å²) in [7, 11) is 0. The van der Waals surface area contributed by atoms with E-state index in [1.165, 1.54) is 0 Å². The minimum Gasteiger partial charge on any atom is -0.489 e. The van der Waals surface area contributed by atoms with Gasteiger partial charge in [0.1, 0.15) is 12.4 Å². The molecule has 0 aliphatic heterocycles. The van der Waals surface area contributed by atoms with Gasteiger partial charge in [0.2, 0.25) is 0 Å². The van der Waals surface area contributed by atoms with Crippen molar-refractivity contribution >= 4 is 0 Å². The van der Waals surface area contributed by atoms with Crippen molar-refractivity contribution in [2.75, 3.05) is 0 Å². The molecule has 0 bridgehead atoms. The highest BCUT2D eigenvalue weighted by Crippen LogP contribution is 2.27. The lowest BCUT2D eigenvalue weighted by atomic mass is 10.1. The average Bonchev–Trinajstić information content (AvgIpc) is 2.46. The zero-order chi connectivity index (χ0) is 14.5. The van der Waals surface area contributed by atoms with Crippen LogP contribution >= 0.6 is 0 Å². The number of aliphatic hydroxyl groups excluding tert-OH is 2. The minimum atomic E-state index is -0.554. The molecule has 0 fully saturated rings. The molecule has 2 aromatic carbocycles. The number of hydrogen-bond donors (Lipinski definition) is 2. The molecule has 2 rings (SSSR count). The lowest BCUT2D eigenvalue weighted by Crippen LogP contribution is -2.01. The Bertz CT molecular complexity index is 559. The van der Waals surface area contributed by atoms with Gasteiger partial charge in [-0.25, -0.2) is 0 Å². The van der Waals surface area contributed by atoms with Crippen molar-refractivity contribution in [1.29, 1.82) is 0 Å². The third-order valence-corrected chi connectivity index (χ3v) is 3.22. The van der Waals surface area contributed by atoms with Crippen LogP contribution in [0.3, 0.4) is 0 Å².